The van der Waals surface area contributed by atoms with Crippen LogP contribution in [0.5, 0.6) is 5.75 Å². The van der Waals surface area contributed by atoms with Gasteiger partial charge in [-0.05, 0) is 18.1 Å². The second-order valence-corrected chi connectivity index (χ2v) is 3.31. The van der Waals surface area contributed by atoms with Gasteiger partial charge in [0.2, 0.25) is 5.69 Å². The molecule has 0 bridgehead atoms. The number of nitrogens with two attached hydrogens (primary N) is 1. The van der Waals surface area contributed by atoms with Gasteiger partial charge in [0.15, 0.2) is 5.75 Å². The highest BCUT2D eigenvalue weighted by Crippen LogP contribution is 2.20. The predicted molar refractivity (Wildman–Crippen MR) is 53.2 cm³/mol. The fourth-order valence-electron chi connectivity index (χ4n) is 1.22. The summed E-state index contributed by atoms with van der Waals surface area (Å²) in [6.07, 6.45) is 0.00981. The van der Waals surface area contributed by atoms with Gasteiger partial charge in [-0.2, -0.15) is 5.23 Å². The minimum absolute atomic E-state index is 0.00981. The number of quaternary nitrogens is 1. The third-order valence-electron chi connectivity index (χ3n) is 2.06. The number of carboxylic acid groups (broad SMARTS) is 1. The average Bonchev–Trinajstić information content (AvgIpc) is 2.20. The van der Waals surface area contributed by atoms with Crippen LogP contribution in [-0.4, -0.2) is 27.4 Å². The van der Waals surface area contributed by atoms with Crippen molar-refractivity contribution < 1.29 is 25.4 Å². The molecule has 0 aliphatic rings. The smallest absolute Gasteiger partial charge is 0.320 e. The van der Waals surface area contributed by atoms with E-state index in [1.165, 1.54) is 18.2 Å². The molecular weight excluding hydrogens is 216 g/mol. The monoisotopic (exact) mass is 228 g/mol. The quantitative estimate of drug-likeness (QED) is 0.323. The van der Waals surface area contributed by atoms with E-state index in [9.17, 15) is 15.1 Å². The first kappa shape index (κ1) is 12.4. The highest BCUT2D eigenvalue weighted by Gasteiger charge is 2.15. The molecule has 1 aromatic rings. The highest BCUT2D eigenvalue weighted by molar-refractivity contribution is 5.73. The first-order chi connectivity index (χ1) is 7.41. The summed E-state index contributed by atoms with van der Waals surface area (Å²) < 4.78 is 0. The zero-order valence-electron chi connectivity index (χ0n) is 8.25. The Bertz CT molecular complexity index is 393. The fourth-order valence-corrected chi connectivity index (χ4v) is 1.22. The van der Waals surface area contributed by atoms with Crippen LogP contribution in [0.3, 0.4) is 0 Å². The van der Waals surface area contributed by atoms with Crippen LogP contribution in [0.1, 0.15) is 5.56 Å². The number of nitrogens with one attached hydrogen (secondary N) is 1. The second kappa shape index (κ2) is 4.90. The van der Waals surface area contributed by atoms with Gasteiger partial charge in [-0.3, -0.25) is 4.79 Å². The lowest BCUT2D eigenvalue weighted by molar-refractivity contribution is -0.991. The number of carbonyl (C=O) groups is 1. The molecule has 0 aliphatic carbocycles. The van der Waals surface area contributed by atoms with Gasteiger partial charge in [0.25, 0.3) is 0 Å². The summed E-state index contributed by atoms with van der Waals surface area (Å²) in [5, 5.41) is 35.9. The Morgan fingerprint density at radius 1 is 1.56 bits per heavy atom. The molecule has 0 saturated carbocycles. The Morgan fingerprint density at radius 2 is 2.19 bits per heavy atom. The molecule has 0 heterocycles. The average molecular weight is 228 g/mol. The second-order valence-electron chi connectivity index (χ2n) is 3.31. The van der Waals surface area contributed by atoms with E-state index in [0.717, 1.165) is 0 Å². The summed E-state index contributed by atoms with van der Waals surface area (Å²) in [7, 11) is 0. The van der Waals surface area contributed by atoms with Crippen LogP contribution in [0, 0.1) is 5.21 Å². The van der Waals surface area contributed by atoms with E-state index >= 15 is 0 Å². The van der Waals surface area contributed by atoms with Crippen LogP contribution >= 0.6 is 0 Å². The molecule has 0 radical (unpaired) electrons. The van der Waals surface area contributed by atoms with Crippen LogP contribution in [-0.2, 0) is 11.2 Å². The molecular formula is C9H12N2O5. The first-order valence-corrected chi connectivity index (χ1v) is 4.45. The Kier molecular flexibility index (Phi) is 3.80. The summed E-state index contributed by atoms with van der Waals surface area (Å²) in [4.78, 5) is 10.5. The van der Waals surface area contributed by atoms with E-state index in [2.05, 4.69) is 0 Å². The van der Waals surface area contributed by atoms with Crippen LogP contribution in [0.25, 0.3) is 0 Å². The summed E-state index contributed by atoms with van der Waals surface area (Å²) in [6.45, 7) is 0. The first-order valence-electron chi connectivity index (χ1n) is 4.45. The SMILES string of the molecule is N[C@H](Cc1ccc(O)c([NH+]([O-])O)c1)C(=O)O. The van der Waals surface area contributed by atoms with Gasteiger partial charge in [-0.1, -0.05) is 6.07 Å². The van der Waals surface area contributed by atoms with Crippen molar-refractivity contribution in [2.75, 3.05) is 0 Å². The molecule has 2 atom stereocenters. The van der Waals surface area contributed by atoms with E-state index in [1.54, 1.807) is 0 Å². The number of benzene rings is 1. The highest BCUT2D eigenvalue weighted by atomic mass is 16.8. The van der Waals surface area contributed by atoms with Crippen molar-refractivity contribution >= 4 is 11.7 Å². The Hall–Kier alpha value is -1.67. The number of rotatable bonds is 4. The van der Waals surface area contributed by atoms with Crippen molar-refractivity contribution in [1.82, 2.24) is 0 Å². The summed E-state index contributed by atoms with van der Waals surface area (Å²) >= 11 is 0. The van der Waals surface area contributed by atoms with Crippen molar-refractivity contribution in [1.29, 1.82) is 0 Å². The molecule has 1 unspecified atom stereocenters. The molecule has 16 heavy (non-hydrogen) atoms. The number of phenolic OH excluding ortho intramolecular Hbond substituents is 1. The van der Waals surface area contributed by atoms with Crippen LogP contribution < -0.4 is 11.0 Å². The normalized spacial score (nSPS) is 14.4. The van der Waals surface area contributed by atoms with Crippen molar-refractivity contribution in [3.05, 3.63) is 29.0 Å². The van der Waals surface area contributed by atoms with E-state index in [1.807, 2.05) is 0 Å². The minimum Gasteiger partial charge on any atom is -0.595 e. The molecule has 88 valence electrons. The molecule has 7 nitrogen and oxygen atoms in total. The largest absolute Gasteiger partial charge is 0.595 e. The van der Waals surface area contributed by atoms with Crippen LogP contribution in [0.4, 0.5) is 5.69 Å². The molecule has 0 saturated heterocycles. The summed E-state index contributed by atoms with van der Waals surface area (Å²) in [5.41, 5.74) is 5.48. The number of phenols is 1. The van der Waals surface area contributed by atoms with E-state index in [0.29, 0.717) is 5.56 Å². The molecule has 1 aromatic carbocycles. The lowest BCUT2D eigenvalue weighted by atomic mass is 10.1. The lowest BCUT2D eigenvalue weighted by Gasteiger charge is -2.14. The Morgan fingerprint density at radius 3 is 2.69 bits per heavy atom. The number of hydrogen-bond acceptors (Lipinski definition) is 5. The number of aromatic hydroxyl groups is 1. The molecule has 0 amide bonds. The maximum absolute atomic E-state index is 10.7. The van der Waals surface area contributed by atoms with E-state index < -0.39 is 17.2 Å². The van der Waals surface area contributed by atoms with E-state index in [-0.39, 0.29) is 17.9 Å². The zero-order valence-corrected chi connectivity index (χ0v) is 8.25. The van der Waals surface area contributed by atoms with Crippen molar-refractivity contribution in [3.63, 3.8) is 0 Å². The maximum Gasteiger partial charge on any atom is 0.320 e. The van der Waals surface area contributed by atoms with Gasteiger partial charge in [0.1, 0.15) is 6.04 Å². The van der Waals surface area contributed by atoms with Crippen molar-refractivity contribution in [2.45, 2.75) is 12.5 Å². The van der Waals surface area contributed by atoms with Gasteiger partial charge in [0.05, 0.1) is 0 Å². The predicted octanol–water partition coefficient (Wildman–Crippen LogP) is -1.25. The number of carboxylic acids is 1. The maximum atomic E-state index is 10.7. The van der Waals surface area contributed by atoms with Crippen molar-refractivity contribution in [2.24, 2.45) is 5.73 Å². The van der Waals surface area contributed by atoms with E-state index in [4.69, 9.17) is 16.0 Å². The molecule has 7 heteroatoms. The Balaban J connectivity index is 2.91. The fraction of sp³-hybridized carbons (Fsp3) is 0.222. The van der Waals surface area contributed by atoms with Crippen LogP contribution in [0.15, 0.2) is 18.2 Å². The van der Waals surface area contributed by atoms with Gasteiger partial charge >= 0.3 is 5.97 Å². The molecule has 6 N–H and O–H groups in total. The van der Waals surface area contributed by atoms with Crippen LogP contribution in [0.2, 0.25) is 0 Å². The number of hydrogen-bond donors (Lipinski definition) is 5. The minimum atomic E-state index is -1.27. The van der Waals surface area contributed by atoms with Crippen molar-refractivity contribution in [3.8, 4) is 5.75 Å². The van der Waals surface area contributed by atoms with Gasteiger partial charge in [-0.25, -0.2) is 5.21 Å². The molecule has 0 aliphatic heterocycles. The summed E-state index contributed by atoms with van der Waals surface area (Å²) in [5.74, 6) is -1.52. The Labute approximate surface area is 90.9 Å². The molecule has 0 spiro atoms. The summed E-state index contributed by atoms with van der Waals surface area (Å²) in [6, 6.07) is 2.75. The topological polar surface area (TPSA) is 131 Å². The molecule has 0 aromatic heterocycles. The molecule has 0 fully saturated rings. The van der Waals surface area contributed by atoms with Gasteiger partial charge in [-0.15, -0.1) is 0 Å². The number of aliphatic carboxylic acids is 1. The molecule has 1 rings (SSSR count). The zero-order chi connectivity index (χ0) is 12.3. The third-order valence-corrected chi connectivity index (χ3v) is 2.06. The third kappa shape index (κ3) is 2.91. The van der Waals surface area contributed by atoms with Gasteiger partial charge in [0, 0.05) is 6.07 Å². The van der Waals surface area contributed by atoms with Gasteiger partial charge < -0.3 is 21.2 Å². The lowest BCUT2D eigenvalue weighted by Crippen LogP contribution is -2.99. The standard InChI is InChI=1S/C9H12N2O5/c10-6(9(13)14)3-5-1-2-8(12)7(4-5)11(15)16/h1-2,4,6,11-12,15H,3,10H2,(H,13,14)/t6-/m1/s1.